The summed E-state index contributed by atoms with van der Waals surface area (Å²) in [7, 11) is 0. The zero-order valence-corrected chi connectivity index (χ0v) is 4.84. The zero-order valence-electron chi connectivity index (χ0n) is 4.84. The van der Waals surface area contributed by atoms with Crippen LogP contribution in [0, 0.1) is 4.91 Å². The van der Waals surface area contributed by atoms with Crippen molar-refractivity contribution in [2.45, 2.75) is 13.8 Å². The Hall–Kier alpha value is -0.990. The molecule has 0 aromatic rings. The lowest BCUT2D eigenvalue weighted by molar-refractivity contribution is -0.113. The molecule has 0 heterocycles. The highest BCUT2D eigenvalue weighted by Crippen LogP contribution is 1.88. The molecule has 3 nitrogen and oxygen atoms in total. The quantitative estimate of drug-likeness (QED) is 0.379. The summed E-state index contributed by atoms with van der Waals surface area (Å²) in [6.07, 6.45) is 1.19. The van der Waals surface area contributed by atoms with Crippen molar-refractivity contribution in [3.8, 4) is 0 Å². The van der Waals surface area contributed by atoms with Gasteiger partial charge in [0, 0.05) is 11.3 Å². The van der Waals surface area contributed by atoms with Crippen LogP contribution in [0.3, 0.4) is 0 Å². The molecule has 0 aromatic carbocycles. The number of rotatable bonds is 1. The molecule has 0 atom stereocenters. The molecule has 1 amide bonds. The molecule has 0 aromatic heterocycles. The van der Waals surface area contributed by atoms with E-state index in [-0.39, 0.29) is 0 Å². The van der Waals surface area contributed by atoms with Crippen LogP contribution in [0.1, 0.15) is 13.8 Å². The van der Waals surface area contributed by atoms with Crippen LogP contribution in [0.5, 0.6) is 0 Å². The van der Waals surface area contributed by atoms with Crippen molar-refractivity contribution in [3.63, 3.8) is 0 Å². The fourth-order valence-corrected chi connectivity index (χ4v) is 0.273. The Bertz CT molecular complexity index is 133. The number of nitroso groups, excluding NO2 is 1. The Morgan fingerprint density at radius 3 is 2.12 bits per heavy atom. The average Bonchev–Trinajstić information content (AvgIpc) is 1.65. The third-order valence-corrected chi connectivity index (χ3v) is 0.502. The van der Waals surface area contributed by atoms with Gasteiger partial charge in [-0.15, -0.1) is 4.91 Å². The summed E-state index contributed by atoms with van der Waals surface area (Å²) in [5.74, 6) is -0.718. The van der Waals surface area contributed by atoms with Crippen molar-refractivity contribution in [2.75, 3.05) is 0 Å². The fraction of sp³-hybridized carbons (Fsp3) is 0.400. The average molecular weight is 113 g/mol. The van der Waals surface area contributed by atoms with Gasteiger partial charge in [-0.3, -0.25) is 4.79 Å². The van der Waals surface area contributed by atoms with Crippen LogP contribution in [-0.2, 0) is 4.79 Å². The maximum Gasteiger partial charge on any atom is 0.309 e. The van der Waals surface area contributed by atoms with E-state index in [1.165, 1.54) is 6.08 Å². The molecule has 0 unspecified atom stereocenters. The Balaban J connectivity index is 3.89. The second-order valence-electron chi connectivity index (χ2n) is 1.65. The van der Waals surface area contributed by atoms with Gasteiger partial charge >= 0.3 is 5.91 Å². The van der Waals surface area contributed by atoms with Crippen molar-refractivity contribution < 1.29 is 4.79 Å². The van der Waals surface area contributed by atoms with Crippen molar-refractivity contribution in [2.24, 2.45) is 5.18 Å². The summed E-state index contributed by atoms with van der Waals surface area (Å²) < 4.78 is 0. The summed E-state index contributed by atoms with van der Waals surface area (Å²) >= 11 is 0. The highest BCUT2D eigenvalue weighted by atomic mass is 16.3. The number of hydrogen-bond donors (Lipinski definition) is 0. The third kappa shape index (κ3) is 3.21. The molecule has 0 aliphatic rings. The zero-order chi connectivity index (χ0) is 6.57. The van der Waals surface area contributed by atoms with Gasteiger partial charge in [-0.2, -0.15) is 0 Å². The first-order valence-corrected chi connectivity index (χ1v) is 2.19. The molecule has 0 aliphatic heterocycles. The molecule has 0 spiro atoms. The summed E-state index contributed by atoms with van der Waals surface area (Å²) in [6, 6.07) is 0. The second-order valence-corrected chi connectivity index (χ2v) is 1.65. The van der Waals surface area contributed by atoms with Crippen LogP contribution in [0.25, 0.3) is 0 Å². The van der Waals surface area contributed by atoms with Gasteiger partial charge in [-0.1, -0.05) is 5.57 Å². The normalized spacial score (nSPS) is 7.75. The van der Waals surface area contributed by atoms with E-state index in [1.807, 2.05) is 0 Å². The standard InChI is InChI=1S/C5H7NO2/c1-4(2)3-5(7)6-8/h3H,1-2H3. The lowest BCUT2D eigenvalue weighted by atomic mass is 10.3. The molecule has 0 fully saturated rings. The first kappa shape index (κ1) is 7.01. The van der Waals surface area contributed by atoms with E-state index in [9.17, 15) is 9.70 Å². The smallest absolute Gasteiger partial charge is 0.264 e. The van der Waals surface area contributed by atoms with Gasteiger partial charge in [-0.25, -0.2) is 0 Å². The van der Waals surface area contributed by atoms with Crippen molar-refractivity contribution in [1.29, 1.82) is 0 Å². The Morgan fingerprint density at radius 1 is 1.50 bits per heavy atom. The Morgan fingerprint density at radius 2 is 2.00 bits per heavy atom. The number of carbonyl (C=O) groups excluding carboxylic acids is 1. The maximum atomic E-state index is 10.1. The van der Waals surface area contributed by atoms with E-state index in [0.717, 1.165) is 5.57 Å². The molecule has 0 saturated carbocycles. The van der Waals surface area contributed by atoms with Gasteiger partial charge in [-0.05, 0) is 13.8 Å². The number of nitrogens with zero attached hydrogens (tertiary/aromatic N) is 1. The molecule has 0 radical (unpaired) electrons. The van der Waals surface area contributed by atoms with E-state index >= 15 is 0 Å². The molecule has 0 saturated heterocycles. The molecular formula is C5H7NO2. The fourth-order valence-electron chi connectivity index (χ4n) is 0.273. The van der Waals surface area contributed by atoms with E-state index in [1.54, 1.807) is 13.8 Å². The van der Waals surface area contributed by atoms with Gasteiger partial charge in [0.15, 0.2) is 0 Å². The number of carbonyl (C=O) groups is 1. The maximum absolute atomic E-state index is 10.1. The third-order valence-electron chi connectivity index (χ3n) is 0.502. The van der Waals surface area contributed by atoms with Gasteiger partial charge in [0.2, 0.25) is 0 Å². The van der Waals surface area contributed by atoms with Gasteiger partial charge in [0.25, 0.3) is 0 Å². The highest BCUT2D eigenvalue weighted by Gasteiger charge is 1.90. The van der Waals surface area contributed by atoms with E-state index in [4.69, 9.17) is 0 Å². The largest absolute Gasteiger partial charge is 0.309 e. The summed E-state index contributed by atoms with van der Waals surface area (Å²) in [5.41, 5.74) is 0.787. The van der Waals surface area contributed by atoms with Crippen molar-refractivity contribution in [1.82, 2.24) is 0 Å². The van der Waals surface area contributed by atoms with Crippen LogP contribution in [-0.4, -0.2) is 5.91 Å². The SMILES string of the molecule is CC(C)=CC(=O)N=O. The van der Waals surface area contributed by atoms with Crippen molar-refractivity contribution >= 4 is 5.91 Å². The Labute approximate surface area is 47.4 Å². The monoisotopic (exact) mass is 113 g/mol. The minimum Gasteiger partial charge on any atom is -0.264 e. The predicted octanol–water partition coefficient (Wildman–Crippen LogP) is 1.25. The molecule has 0 N–H and O–H groups in total. The van der Waals surface area contributed by atoms with Crippen LogP contribution < -0.4 is 0 Å². The molecule has 3 heteroatoms. The lowest BCUT2D eigenvalue weighted by Crippen LogP contribution is -1.83. The van der Waals surface area contributed by atoms with E-state index < -0.39 is 5.91 Å². The number of allylic oxidation sites excluding steroid dienone is 1. The molecule has 0 bridgehead atoms. The lowest BCUT2D eigenvalue weighted by Gasteiger charge is -1.78. The van der Waals surface area contributed by atoms with Crippen LogP contribution >= 0.6 is 0 Å². The second kappa shape index (κ2) is 3.07. The van der Waals surface area contributed by atoms with Gasteiger partial charge < -0.3 is 0 Å². The van der Waals surface area contributed by atoms with Gasteiger partial charge in [0.1, 0.15) is 0 Å². The van der Waals surface area contributed by atoms with Gasteiger partial charge in [0.05, 0.1) is 0 Å². The first-order valence-electron chi connectivity index (χ1n) is 2.19. The van der Waals surface area contributed by atoms with E-state index in [0.29, 0.717) is 0 Å². The van der Waals surface area contributed by atoms with Crippen LogP contribution in [0.15, 0.2) is 16.8 Å². The first-order chi connectivity index (χ1) is 3.66. The number of amides is 1. The highest BCUT2D eigenvalue weighted by molar-refractivity contribution is 5.88. The van der Waals surface area contributed by atoms with Crippen LogP contribution in [0.4, 0.5) is 0 Å². The molecule has 8 heavy (non-hydrogen) atoms. The predicted molar refractivity (Wildman–Crippen MR) is 30.2 cm³/mol. The molecular weight excluding hydrogens is 106 g/mol. The Kier molecular flexibility index (Phi) is 2.69. The minimum atomic E-state index is -0.718. The van der Waals surface area contributed by atoms with Crippen molar-refractivity contribution in [3.05, 3.63) is 16.6 Å². The topological polar surface area (TPSA) is 46.5 Å². The molecule has 0 rings (SSSR count). The summed E-state index contributed by atoms with van der Waals surface area (Å²) in [5, 5.41) is 2.16. The minimum absolute atomic E-state index is 0.718. The number of hydrogen-bond acceptors (Lipinski definition) is 2. The summed E-state index contributed by atoms with van der Waals surface area (Å²) in [6.45, 7) is 3.45. The summed E-state index contributed by atoms with van der Waals surface area (Å²) in [4.78, 5) is 19.5. The molecule has 0 aliphatic carbocycles. The molecule has 44 valence electrons. The van der Waals surface area contributed by atoms with Crippen LogP contribution in [0.2, 0.25) is 0 Å². The van der Waals surface area contributed by atoms with E-state index in [2.05, 4.69) is 5.18 Å².